The Hall–Kier alpha value is -2.35. The standard InChI is InChI=1S/C11H12N4O/c1-15(2)7-14-10-4-3-8(11(13)16)5-9(10)6-12/h3-5,7H,1-2H3,(H2,13,16). The van der Waals surface area contributed by atoms with Gasteiger partial charge in [0.15, 0.2) is 0 Å². The van der Waals surface area contributed by atoms with Gasteiger partial charge in [-0.25, -0.2) is 4.99 Å². The van der Waals surface area contributed by atoms with Crippen molar-refractivity contribution in [3.8, 4) is 6.07 Å². The summed E-state index contributed by atoms with van der Waals surface area (Å²) in [4.78, 5) is 16.8. The second kappa shape index (κ2) is 4.94. The van der Waals surface area contributed by atoms with Gasteiger partial charge in [-0.1, -0.05) is 0 Å². The number of primary amides is 1. The Balaban J connectivity index is 3.13. The van der Waals surface area contributed by atoms with E-state index in [2.05, 4.69) is 4.99 Å². The molecule has 5 heteroatoms. The summed E-state index contributed by atoms with van der Waals surface area (Å²) >= 11 is 0. The Labute approximate surface area is 93.8 Å². The Morgan fingerprint density at radius 2 is 2.25 bits per heavy atom. The highest BCUT2D eigenvalue weighted by Crippen LogP contribution is 2.19. The lowest BCUT2D eigenvalue weighted by Gasteiger charge is -2.04. The van der Waals surface area contributed by atoms with Gasteiger partial charge < -0.3 is 10.6 Å². The van der Waals surface area contributed by atoms with Crippen molar-refractivity contribution in [3.63, 3.8) is 0 Å². The van der Waals surface area contributed by atoms with Gasteiger partial charge in [0.1, 0.15) is 6.07 Å². The van der Waals surface area contributed by atoms with E-state index in [4.69, 9.17) is 11.0 Å². The molecule has 0 radical (unpaired) electrons. The first kappa shape index (κ1) is 11.7. The third-order valence-electron chi connectivity index (χ3n) is 1.83. The van der Waals surface area contributed by atoms with E-state index < -0.39 is 5.91 Å². The van der Waals surface area contributed by atoms with Gasteiger partial charge >= 0.3 is 0 Å². The van der Waals surface area contributed by atoms with Crippen molar-refractivity contribution in [2.24, 2.45) is 10.7 Å². The van der Waals surface area contributed by atoms with Crippen LogP contribution in [0.3, 0.4) is 0 Å². The number of amides is 1. The molecule has 1 aromatic rings. The summed E-state index contributed by atoms with van der Waals surface area (Å²) in [6, 6.07) is 6.55. The lowest BCUT2D eigenvalue weighted by Crippen LogP contribution is -2.11. The van der Waals surface area contributed by atoms with Crippen LogP contribution in [0.2, 0.25) is 0 Å². The molecule has 5 nitrogen and oxygen atoms in total. The zero-order valence-corrected chi connectivity index (χ0v) is 9.14. The van der Waals surface area contributed by atoms with Gasteiger partial charge in [-0.3, -0.25) is 4.79 Å². The summed E-state index contributed by atoms with van der Waals surface area (Å²) < 4.78 is 0. The molecule has 1 aromatic carbocycles. The number of carbonyl (C=O) groups is 1. The van der Waals surface area contributed by atoms with Crippen LogP contribution in [-0.4, -0.2) is 31.2 Å². The predicted octanol–water partition coefficient (Wildman–Crippen LogP) is 0.879. The van der Waals surface area contributed by atoms with Crippen LogP contribution in [0, 0.1) is 11.3 Å². The first-order valence-electron chi connectivity index (χ1n) is 4.59. The molecule has 16 heavy (non-hydrogen) atoms. The number of benzene rings is 1. The van der Waals surface area contributed by atoms with Crippen LogP contribution >= 0.6 is 0 Å². The third kappa shape index (κ3) is 2.82. The maximum Gasteiger partial charge on any atom is 0.248 e. The van der Waals surface area contributed by atoms with Gasteiger partial charge in [-0.15, -0.1) is 0 Å². The molecule has 82 valence electrons. The lowest BCUT2D eigenvalue weighted by atomic mass is 10.1. The van der Waals surface area contributed by atoms with Crippen molar-refractivity contribution in [3.05, 3.63) is 29.3 Å². The second-order valence-electron chi connectivity index (χ2n) is 3.42. The molecule has 1 rings (SSSR count). The van der Waals surface area contributed by atoms with Gasteiger partial charge in [0.05, 0.1) is 17.6 Å². The van der Waals surface area contributed by atoms with Crippen LogP contribution in [0.25, 0.3) is 0 Å². The molecule has 0 aromatic heterocycles. The van der Waals surface area contributed by atoms with Crippen molar-refractivity contribution < 1.29 is 4.79 Å². The van der Waals surface area contributed by atoms with E-state index in [-0.39, 0.29) is 0 Å². The summed E-state index contributed by atoms with van der Waals surface area (Å²) in [5, 5.41) is 8.90. The third-order valence-corrected chi connectivity index (χ3v) is 1.83. The van der Waals surface area contributed by atoms with Gasteiger partial charge in [0.25, 0.3) is 0 Å². The van der Waals surface area contributed by atoms with Crippen LogP contribution in [0.1, 0.15) is 15.9 Å². The monoisotopic (exact) mass is 216 g/mol. The fraction of sp³-hybridized carbons (Fsp3) is 0.182. The van der Waals surface area contributed by atoms with Crippen LogP contribution in [0.4, 0.5) is 5.69 Å². The average Bonchev–Trinajstić information content (AvgIpc) is 2.25. The zero-order valence-electron chi connectivity index (χ0n) is 9.14. The molecular weight excluding hydrogens is 204 g/mol. The normalized spacial score (nSPS) is 10.1. The van der Waals surface area contributed by atoms with Crippen molar-refractivity contribution in [1.29, 1.82) is 5.26 Å². The highest BCUT2D eigenvalue weighted by atomic mass is 16.1. The van der Waals surface area contributed by atoms with Gasteiger partial charge in [0, 0.05) is 19.7 Å². The van der Waals surface area contributed by atoms with E-state index in [1.807, 2.05) is 20.2 Å². The molecule has 0 saturated heterocycles. The van der Waals surface area contributed by atoms with Crippen molar-refractivity contribution in [1.82, 2.24) is 4.90 Å². The van der Waals surface area contributed by atoms with E-state index >= 15 is 0 Å². The summed E-state index contributed by atoms with van der Waals surface area (Å²) in [6.45, 7) is 0. The van der Waals surface area contributed by atoms with Crippen LogP contribution in [0.5, 0.6) is 0 Å². The van der Waals surface area contributed by atoms with E-state index in [1.54, 1.807) is 23.4 Å². The van der Waals surface area contributed by atoms with Gasteiger partial charge in [0.2, 0.25) is 5.91 Å². The highest BCUT2D eigenvalue weighted by molar-refractivity contribution is 5.93. The molecule has 0 aliphatic carbocycles. The molecular formula is C11H12N4O. The van der Waals surface area contributed by atoms with Crippen LogP contribution < -0.4 is 5.73 Å². The first-order chi connectivity index (χ1) is 7.54. The maximum atomic E-state index is 10.9. The minimum Gasteiger partial charge on any atom is -0.369 e. The van der Waals surface area contributed by atoms with E-state index in [0.29, 0.717) is 16.8 Å². The number of aliphatic imine (C=N–C) groups is 1. The summed E-state index contributed by atoms with van der Waals surface area (Å²) in [7, 11) is 3.65. The topological polar surface area (TPSA) is 82.5 Å². The predicted molar refractivity (Wildman–Crippen MR) is 61.5 cm³/mol. The summed E-state index contributed by atoms with van der Waals surface area (Å²) in [5.41, 5.74) is 6.26. The number of nitrogens with zero attached hydrogens (tertiary/aromatic N) is 3. The summed E-state index contributed by atoms with van der Waals surface area (Å²) in [5.74, 6) is -0.556. The minimum absolute atomic E-state index is 0.306. The molecule has 0 saturated carbocycles. The minimum atomic E-state index is -0.556. The molecule has 0 aliphatic heterocycles. The number of hydrogen-bond acceptors (Lipinski definition) is 3. The SMILES string of the molecule is CN(C)C=Nc1ccc(C(N)=O)cc1C#N. The molecule has 0 heterocycles. The number of nitriles is 1. The Morgan fingerprint density at radius 3 is 2.75 bits per heavy atom. The van der Waals surface area contributed by atoms with E-state index in [1.165, 1.54) is 6.07 Å². The Morgan fingerprint density at radius 1 is 1.56 bits per heavy atom. The van der Waals surface area contributed by atoms with Crippen LogP contribution in [0.15, 0.2) is 23.2 Å². The maximum absolute atomic E-state index is 10.9. The van der Waals surface area contributed by atoms with E-state index in [0.717, 1.165) is 0 Å². The Bertz CT molecular complexity index is 471. The molecule has 0 unspecified atom stereocenters. The Kier molecular flexibility index (Phi) is 3.62. The van der Waals surface area contributed by atoms with Crippen LogP contribution in [-0.2, 0) is 0 Å². The number of hydrogen-bond donors (Lipinski definition) is 1. The second-order valence-corrected chi connectivity index (χ2v) is 3.42. The highest BCUT2D eigenvalue weighted by Gasteiger charge is 2.05. The molecule has 0 fully saturated rings. The fourth-order valence-corrected chi connectivity index (χ4v) is 1.07. The van der Waals surface area contributed by atoms with Crippen molar-refractivity contribution in [2.45, 2.75) is 0 Å². The number of nitrogens with two attached hydrogens (primary N) is 1. The fourth-order valence-electron chi connectivity index (χ4n) is 1.07. The summed E-state index contributed by atoms with van der Waals surface area (Å²) in [6.07, 6.45) is 1.58. The van der Waals surface area contributed by atoms with Crippen molar-refractivity contribution >= 4 is 17.9 Å². The van der Waals surface area contributed by atoms with Gasteiger partial charge in [-0.2, -0.15) is 5.26 Å². The molecule has 0 aliphatic rings. The molecule has 2 N–H and O–H groups in total. The largest absolute Gasteiger partial charge is 0.369 e. The number of carbonyl (C=O) groups excluding carboxylic acids is 1. The first-order valence-corrected chi connectivity index (χ1v) is 4.59. The van der Waals surface area contributed by atoms with Crippen molar-refractivity contribution in [2.75, 3.05) is 14.1 Å². The molecule has 0 bridgehead atoms. The number of rotatable bonds is 3. The quantitative estimate of drug-likeness (QED) is 0.601. The average molecular weight is 216 g/mol. The smallest absolute Gasteiger partial charge is 0.248 e. The molecule has 0 atom stereocenters. The van der Waals surface area contributed by atoms with E-state index in [9.17, 15) is 4.79 Å². The zero-order chi connectivity index (χ0) is 12.1. The molecule has 1 amide bonds. The lowest BCUT2D eigenvalue weighted by molar-refractivity contribution is 0.100. The van der Waals surface area contributed by atoms with Gasteiger partial charge in [-0.05, 0) is 18.2 Å². The molecule has 0 spiro atoms.